The molecule has 0 fully saturated rings. The van der Waals surface area contributed by atoms with Gasteiger partial charge in [0, 0.05) is 16.8 Å². The Hall–Kier alpha value is -3.38. The lowest BCUT2D eigenvalue weighted by Gasteiger charge is -2.18. The SMILES string of the molecule is O=C(Nc1cccc(-c2nc3ccccc3s2)c1)c1ccc2c(c1)OCCO2. The molecule has 0 atom stereocenters. The quantitative estimate of drug-likeness (QED) is 0.537. The number of thiazole rings is 1. The minimum absolute atomic E-state index is 0.196. The van der Waals surface area contributed by atoms with Gasteiger partial charge in [0.25, 0.3) is 5.91 Å². The van der Waals surface area contributed by atoms with E-state index in [0.717, 1.165) is 26.5 Å². The van der Waals surface area contributed by atoms with Crippen molar-refractivity contribution in [1.29, 1.82) is 0 Å². The molecule has 1 amide bonds. The summed E-state index contributed by atoms with van der Waals surface area (Å²) in [6.07, 6.45) is 0. The fourth-order valence-electron chi connectivity index (χ4n) is 3.11. The van der Waals surface area contributed by atoms with Crippen LogP contribution in [0.5, 0.6) is 11.5 Å². The minimum Gasteiger partial charge on any atom is -0.486 e. The molecule has 0 spiro atoms. The van der Waals surface area contributed by atoms with Gasteiger partial charge in [-0.05, 0) is 42.5 Å². The van der Waals surface area contributed by atoms with Crippen molar-refractivity contribution >= 4 is 33.1 Å². The van der Waals surface area contributed by atoms with Crippen LogP contribution in [0.3, 0.4) is 0 Å². The lowest BCUT2D eigenvalue weighted by molar-refractivity contribution is 0.102. The zero-order valence-corrected chi connectivity index (χ0v) is 15.7. The number of hydrogen-bond donors (Lipinski definition) is 1. The molecule has 0 unspecified atom stereocenters. The molecule has 1 aliphatic heterocycles. The maximum absolute atomic E-state index is 12.7. The molecule has 0 aliphatic carbocycles. The number of carbonyl (C=O) groups is 1. The summed E-state index contributed by atoms with van der Waals surface area (Å²) < 4.78 is 12.2. The predicted octanol–water partition coefficient (Wildman–Crippen LogP) is 4.99. The van der Waals surface area contributed by atoms with Crippen molar-refractivity contribution in [2.24, 2.45) is 0 Å². The van der Waals surface area contributed by atoms with Crippen LogP contribution < -0.4 is 14.8 Å². The number of nitrogens with one attached hydrogen (secondary N) is 1. The zero-order chi connectivity index (χ0) is 18.9. The lowest BCUT2D eigenvalue weighted by Crippen LogP contribution is -2.17. The third kappa shape index (κ3) is 3.18. The van der Waals surface area contributed by atoms with Crippen LogP contribution in [0.4, 0.5) is 5.69 Å². The number of aromatic nitrogens is 1. The topological polar surface area (TPSA) is 60.5 Å². The molecule has 1 aliphatic rings. The first-order chi connectivity index (χ1) is 13.8. The monoisotopic (exact) mass is 388 g/mol. The molecule has 5 nitrogen and oxygen atoms in total. The molecule has 6 heteroatoms. The smallest absolute Gasteiger partial charge is 0.255 e. The number of benzene rings is 3. The van der Waals surface area contributed by atoms with Crippen molar-refractivity contribution in [2.75, 3.05) is 18.5 Å². The summed E-state index contributed by atoms with van der Waals surface area (Å²) in [5.41, 5.74) is 3.20. The second-order valence-electron chi connectivity index (χ2n) is 6.38. The Balaban J connectivity index is 1.40. The van der Waals surface area contributed by atoms with E-state index in [1.54, 1.807) is 29.5 Å². The summed E-state index contributed by atoms with van der Waals surface area (Å²) >= 11 is 1.64. The third-order valence-electron chi connectivity index (χ3n) is 4.47. The Morgan fingerprint density at radius 2 is 1.79 bits per heavy atom. The van der Waals surface area contributed by atoms with Crippen molar-refractivity contribution in [1.82, 2.24) is 4.98 Å². The summed E-state index contributed by atoms with van der Waals surface area (Å²) in [7, 11) is 0. The molecule has 0 bridgehead atoms. The maximum atomic E-state index is 12.7. The first-order valence-electron chi connectivity index (χ1n) is 8.93. The lowest BCUT2D eigenvalue weighted by atomic mass is 10.1. The van der Waals surface area contributed by atoms with Gasteiger partial charge in [-0.25, -0.2) is 4.98 Å². The summed E-state index contributed by atoms with van der Waals surface area (Å²) in [6, 6.07) is 21.0. The number of ether oxygens (including phenoxy) is 2. The summed E-state index contributed by atoms with van der Waals surface area (Å²) in [4.78, 5) is 17.4. The molecule has 0 saturated heterocycles. The number of nitrogens with zero attached hydrogens (tertiary/aromatic N) is 1. The molecule has 138 valence electrons. The average molecular weight is 388 g/mol. The van der Waals surface area contributed by atoms with E-state index in [0.29, 0.717) is 30.3 Å². The Bertz CT molecular complexity index is 1150. The van der Waals surface area contributed by atoms with Gasteiger partial charge >= 0.3 is 0 Å². The number of amides is 1. The summed E-state index contributed by atoms with van der Waals surface area (Å²) in [5, 5.41) is 3.88. The van der Waals surface area contributed by atoms with E-state index in [1.165, 1.54) is 0 Å². The molecular formula is C22H16N2O3S. The number of rotatable bonds is 3. The Labute approximate surface area is 165 Å². The molecule has 1 N–H and O–H groups in total. The molecule has 5 rings (SSSR count). The van der Waals surface area contributed by atoms with Crippen LogP contribution in [0, 0.1) is 0 Å². The van der Waals surface area contributed by atoms with Gasteiger partial charge in [0.1, 0.15) is 18.2 Å². The van der Waals surface area contributed by atoms with Crippen LogP contribution in [0.2, 0.25) is 0 Å². The van der Waals surface area contributed by atoms with E-state index < -0.39 is 0 Å². The number of fused-ring (bicyclic) bond motifs is 2. The molecule has 28 heavy (non-hydrogen) atoms. The second kappa shape index (κ2) is 6.98. The first kappa shape index (κ1) is 16.8. The highest BCUT2D eigenvalue weighted by molar-refractivity contribution is 7.21. The zero-order valence-electron chi connectivity index (χ0n) is 14.8. The third-order valence-corrected chi connectivity index (χ3v) is 5.55. The highest BCUT2D eigenvalue weighted by Crippen LogP contribution is 2.32. The standard InChI is InChI=1S/C22H16N2O3S/c25-21(14-8-9-18-19(13-14)27-11-10-26-18)23-16-5-3-4-15(12-16)22-24-17-6-1-2-7-20(17)28-22/h1-9,12-13H,10-11H2,(H,23,25). The highest BCUT2D eigenvalue weighted by atomic mass is 32.1. The predicted molar refractivity (Wildman–Crippen MR) is 110 cm³/mol. The molecule has 1 aromatic heterocycles. The highest BCUT2D eigenvalue weighted by Gasteiger charge is 2.15. The molecule has 0 radical (unpaired) electrons. The van der Waals surface area contributed by atoms with E-state index in [9.17, 15) is 4.79 Å². The molecule has 3 aromatic carbocycles. The number of para-hydroxylation sites is 1. The fourth-order valence-corrected chi connectivity index (χ4v) is 4.08. The van der Waals surface area contributed by atoms with Crippen LogP contribution in [-0.2, 0) is 0 Å². The first-order valence-corrected chi connectivity index (χ1v) is 9.75. The van der Waals surface area contributed by atoms with Gasteiger partial charge in [-0.3, -0.25) is 4.79 Å². The summed E-state index contributed by atoms with van der Waals surface area (Å²) in [6.45, 7) is 1.01. The second-order valence-corrected chi connectivity index (χ2v) is 7.41. The fraction of sp³-hybridized carbons (Fsp3) is 0.0909. The van der Waals surface area contributed by atoms with Gasteiger partial charge in [0.05, 0.1) is 10.2 Å². The Morgan fingerprint density at radius 3 is 2.68 bits per heavy atom. The summed E-state index contributed by atoms with van der Waals surface area (Å²) in [5.74, 6) is 1.07. The largest absolute Gasteiger partial charge is 0.486 e. The van der Waals surface area contributed by atoms with E-state index in [1.807, 2.05) is 42.5 Å². The van der Waals surface area contributed by atoms with Crippen LogP contribution in [-0.4, -0.2) is 24.1 Å². The van der Waals surface area contributed by atoms with Crippen molar-refractivity contribution in [3.05, 3.63) is 72.3 Å². The minimum atomic E-state index is -0.196. The van der Waals surface area contributed by atoms with E-state index in [4.69, 9.17) is 9.47 Å². The van der Waals surface area contributed by atoms with Gasteiger partial charge < -0.3 is 14.8 Å². The van der Waals surface area contributed by atoms with Crippen LogP contribution in [0.15, 0.2) is 66.7 Å². The van der Waals surface area contributed by atoms with Crippen LogP contribution >= 0.6 is 11.3 Å². The van der Waals surface area contributed by atoms with E-state index in [-0.39, 0.29) is 5.91 Å². The number of carbonyl (C=O) groups excluding carboxylic acids is 1. The van der Waals surface area contributed by atoms with Gasteiger partial charge in [-0.15, -0.1) is 11.3 Å². The number of anilines is 1. The molecule has 0 saturated carbocycles. The van der Waals surface area contributed by atoms with Gasteiger partial charge in [0.15, 0.2) is 11.5 Å². The molecule has 2 heterocycles. The van der Waals surface area contributed by atoms with Crippen LogP contribution in [0.1, 0.15) is 10.4 Å². The average Bonchev–Trinajstić information content (AvgIpc) is 3.18. The Kier molecular flexibility index (Phi) is 4.18. The van der Waals surface area contributed by atoms with E-state index in [2.05, 4.69) is 16.4 Å². The van der Waals surface area contributed by atoms with Crippen molar-refractivity contribution < 1.29 is 14.3 Å². The van der Waals surface area contributed by atoms with Crippen molar-refractivity contribution in [3.8, 4) is 22.1 Å². The normalized spacial score (nSPS) is 12.7. The van der Waals surface area contributed by atoms with E-state index >= 15 is 0 Å². The van der Waals surface area contributed by atoms with Gasteiger partial charge in [0.2, 0.25) is 0 Å². The van der Waals surface area contributed by atoms with Crippen molar-refractivity contribution in [3.63, 3.8) is 0 Å². The number of hydrogen-bond acceptors (Lipinski definition) is 5. The van der Waals surface area contributed by atoms with Crippen molar-refractivity contribution in [2.45, 2.75) is 0 Å². The Morgan fingerprint density at radius 1 is 0.929 bits per heavy atom. The van der Waals surface area contributed by atoms with Gasteiger partial charge in [-0.2, -0.15) is 0 Å². The van der Waals surface area contributed by atoms with Gasteiger partial charge in [-0.1, -0.05) is 24.3 Å². The van der Waals surface area contributed by atoms with Crippen LogP contribution in [0.25, 0.3) is 20.8 Å². The molecular weight excluding hydrogens is 372 g/mol. The molecule has 4 aromatic rings. The maximum Gasteiger partial charge on any atom is 0.255 e.